The van der Waals surface area contributed by atoms with E-state index in [1.165, 1.54) is 56.5 Å². The molecule has 21 heavy (non-hydrogen) atoms. The monoisotopic (exact) mass is 313 g/mol. The highest BCUT2D eigenvalue weighted by Gasteiger charge is 2.42. The number of ether oxygens (including phenoxy) is 2. The Morgan fingerprint density at radius 3 is 2.95 bits per heavy atom. The van der Waals surface area contributed by atoms with Gasteiger partial charge in [0.25, 0.3) is 0 Å². The molecule has 0 radical (unpaired) electrons. The fraction of sp³-hybridized carbons (Fsp3) is 1.00. The first-order chi connectivity index (χ1) is 10.3. The summed E-state index contributed by atoms with van der Waals surface area (Å²) in [6.45, 7) is 5.22. The highest BCUT2D eigenvalue weighted by molar-refractivity contribution is 7.99. The minimum absolute atomic E-state index is 0.203. The van der Waals surface area contributed by atoms with Crippen molar-refractivity contribution in [3.8, 4) is 0 Å². The molecule has 0 saturated carbocycles. The van der Waals surface area contributed by atoms with Gasteiger partial charge in [-0.1, -0.05) is 6.92 Å². The molecule has 3 fully saturated rings. The molecule has 0 amide bonds. The molecule has 0 aromatic carbocycles. The predicted octanol–water partition coefficient (Wildman–Crippen LogP) is 3.23. The van der Waals surface area contributed by atoms with Gasteiger partial charge in [0, 0.05) is 25.0 Å². The average Bonchev–Trinajstić information content (AvgIpc) is 2.96. The number of thioether (sulfide) groups is 1. The normalized spacial score (nSPS) is 38.7. The fourth-order valence-corrected chi connectivity index (χ4v) is 5.63. The lowest BCUT2D eigenvalue weighted by molar-refractivity contribution is -0.0895. The molecular formula is C17H31NO2S. The predicted molar refractivity (Wildman–Crippen MR) is 89.0 cm³/mol. The van der Waals surface area contributed by atoms with Crippen molar-refractivity contribution in [2.45, 2.75) is 69.6 Å². The van der Waals surface area contributed by atoms with Gasteiger partial charge in [-0.2, -0.15) is 11.8 Å². The van der Waals surface area contributed by atoms with E-state index < -0.39 is 0 Å². The van der Waals surface area contributed by atoms with E-state index >= 15 is 0 Å². The standard InChI is InChI=1S/C17H31NO2S/c1-2-18-16(11-15-5-3-4-8-19-15)14-6-9-20-17(12-14)7-10-21-13-17/h14-16,18H,2-13H2,1H3. The SMILES string of the molecule is CCNC(CC1CCCCO1)C1CCOC2(CCSC2)C1. The molecule has 0 aromatic rings. The zero-order valence-electron chi connectivity index (χ0n) is 13.4. The molecule has 3 aliphatic rings. The van der Waals surface area contributed by atoms with Crippen LogP contribution in [0.1, 0.15) is 51.9 Å². The summed E-state index contributed by atoms with van der Waals surface area (Å²) in [7, 11) is 0. The summed E-state index contributed by atoms with van der Waals surface area (Å²) >= 11 is 2.07. The van der Waals surface area contributed by atoms with Crippen molar-refractivity contribution < 1.29 is 9.47 Å². The Morgan fingerprint density at radius 1 is 1.29 bits per heavy atom. The molecule has 1 spiro atoms. The maximum Gasteiger partial charge on any atom is 0.0783 e. The molecule has 4 atom stereocenters. The maximum atomic E-state index is 6.20. The van der Waals surface area contributed by atoms with Crippen LogP contribution in [0.5, 0.6) is 0 Å². The van der Waals surface area contributed by atoms with Crippen LogP contribution in [-0.4, -0.2) is 49.0 Å². The van der Waals surface area contributed by atoms with Gasteiger partial charge in [-0.05, 0) is 63.2 Å². The van der Waals surface area contributed by atoms with Crippen LogP contribution in [-0.2, 0) is 9.47 Å². The quantitative estimate of drug-likeness (QED) is 0.844. The molecule has 3 nitrogen and oxygen atoms in total. The molecule has 3 heterocycles. The Labute approximate surface area is 133 Å². The summed E-state index contributed by atoms with van der Waals surface area (Å²) in [6.07, 6.45) is 9.26. The van der Waals surface area contributed by atoms with Gasteiger partial charge in [-0.15, -0.1) is 0 Å². The molecule has 4 unspecified atom stereocenters. The Balaban J connectivity index is 1.59. The Morgan fingerprint density at radius 2 is 2.24 bits per heavy atom. The number of rotatable bonds is 5. The van der Waals surface area contributed by atoms with E-state index in [-0.39, 0.29) is 5.60 Å². The lowest BCUT2D eigenvalue weighted by Crippen LogP contribution is -2.48. The first-order valence-corrected chi connectivity index (χ1v) is 10.0. The lowest BCUT2D eigenvalue weighted by Gasteiger charge is -2.42. The van der Waals surface area contributed by atoms with Gasteiger partial charge < -0.3 is 14.8 Å². The second kappa shape index (κ2) is 7.67. The molecule has 0 aliphatic carbocycles. The Bertz CT molecular complexity index is 314. The smallest absolute Gasteiger partial charge is 0.0783 e. The fourth-order valence-electron chi connectivity index (χ4n) is 4.25. The molecule has 3 aliphatic heterocycles. The molecule has 122 valence electrons. The van der Waals surface area contributed by atoms with Crippen molar-refractivity contribution in [1.82, 2.24) is 5.32 Å². The van der Waals surface area contributed by atoms with Crippen LogP contribution in [0.3, 0.4) is 0 Å². The van der Waals surface area contributed by atoms with E-state index in [4.69, 9.17) is 9.47 Å². The summed E-state index contributed by atoms with van der Waals surface area (Å²) in [5.41, 5.74) is 0.203. The highest BCUT2D eigenvalue weighted by atomic mass is 32.2. The third-order valence-corrected chi connectivity index (χ3v) is 6.65. The molecule has 0 bridgehead atoms. The van der Waals surface area contributed by atoms with E-state index in [1.807, 2.05) is 0 Å². The van der Waals surface area contributed by atoms with Crippen LogP contribution in [0.4, 0.5) is 0 Å². The molecule has 4 heteroatoms. The van der Waals surface area contributed by atoms with Gasteiger partial charge in [0.1, 0.15) is 0 Å². The Kier molecular flexibility index (Phi) is 5.88. The number of hydrogen-bond acceptors (Lipinski definition) is 4. The van der Waals surface area contributed by atoms with Gasteiger partial charge >= 0.3 is 0 Å². The molecule has 3 rings (SSSR count). The largest absolute Gasteiger partial charge is 0.378 e. The van der Waals surface area contributed by atoms with Gasteiger partial charge in [-0.3, -0.25) is 0 Å². The van der Waals surface area contributed by atoms with Gasteiger partial charge in [0.2, 0.25) is 0 Å². The van der Waals surface area contributed by atoms with E-state index in [0.717, 1.165) is 25.7 Å². The van der Waals surface area contributed by atoms with Crippen LogP contribution in [0.25, 0.3) is 0 Å². The molecule has 1 N–H and O–H groups in total. The van der Waals surface area contributed by atoms with E-state index in [0.29, 0.717) is 12.1 Å². The van der Waals surface area contributed by atoms with Crippen LogP contribution < -0.4 is 5.32 Å². The van der Waals surface area contributed by atoms with Crippen molar-refractivity contribution in [3.05, 3.63) is 0 Å². The zero-order valence-corrected chi connectivity index (χ0v) is 14.3. The van der Waals surface area contributed by atoms with E-state index in [1.54, 1.807) is 0 Å². The minimum atomic E-state index is 0.203. The number of hydrogen-bond donors (Lipinski definition) is 1. The van der Waals surface area contributed by atoms with Gasteiger partial charge in [0.05, 0.1) is 11.7 Å². The highest BCUT2D eigenvalue weighted by Crippen LogP contribution is 2.42. The van der Waals surface area contributed by atoms with Crippen molar-refractivity contribution in [1.29, 1.82) is 0 Å². The second-order valence-corrected chi connectivity index (χ2v) is 8.08. The van der Waals surface area contributed by atoms with Crippen LogP contribution in [0, 0.1) is 5.92 Å². The maximum absolute atomic E-state index is 6.20. The van der Waals surface area contributed by atoms with Crippen LogP contribution in [0.2, 0.25) is 0 Å². The van der Waals surface area contributed by atoms with Gasteiger partial charge in [-0.25, -0.2) is 0 Å². The Hall–Kier alpha value is 0.230. The van der Waals surface area contributed by atoms with E-state index in [9.17, 15) is 0 Å². The third kappa shape index (κ3) is 4.15. The van der Waals surface area contributed by atoms with Crippen LogP contribution >= 0.6 is 11.8 Å². The first-order valence-electron chi connectivity index (χ1n) is 8.88. The topological polar surface area (TPSA) is 30.5 Å². The summed E-state index contributed by atoms with van der Waals surface area (Å²) < 4.78 is 12.2. The van der Waals surface area contributed by atoms with Crippen molar-refractivity contribution in [2.75, 3.05) is 31.3 Å². The summed E-state index contributed by atoms with van der Waals surface area (Å²) in [5, 5.41) is 3.76. The summed E-state index contributed by atoms with van der Waals surface area (Å²) in [6, 6.07) is 0.615. The average molecular weight is 314 g/mol. The van der Waals surface area contributed by atoms with E-state index in [2.05, 4.69) is 24.0 Å². The first kappa shape index (κ1) is 16.1. The second-order valence-electron chi connectivity index (χ2n) is 6.98. The lowest BCUT2D eigenvalue weighted by atomic mass is 9.79. The third-order valence-electron chi connectivity index (χ3n) is 5.42. The molecular weight excluding hydrogens is 282 g/mol. The summed E-state index contributed by atoms with van der Waals surface area (Å²) in [4.78, 5) is 0. The zero-order chi connectivity index (χ0) is 14.5. The summed E-state index contributed by atoms with van der Waals surface area (Å²) in [5.74, 6) is 3.26. The van der Waals surface area contributed by atoms with Crippen LogP contribution in [0.15, 0.2) is 0 Å². The van der Waals surface area contributed by atoms with Gasteiger partial charge in [0.15, 0.2) is 0 Å². The molecule has 0 aromatic heterocycles. The minimum Gasteiger partial charge on any atom is -0.378 e. The van der Waals surface area contributed by atoms with Crippen molar-refractivity contribution in [3.63, 3.8) is 0 Å². The number of nitrogens with one attached hydrogen (secondary N) is 1. The van der Waals surface area contributed by atoms with Crippen molar-refractivity contribution >= 4 is 11.8 Å². The van der Waals surface area contributed by atoms with Crippen molar-refractivity contribution in [2.24, 2.45) is 5.92 Å². The molecule has 3 saturated heterocycles.